The lowest BCUT2D eigenvalue weighted by atomic mass is 10.1. The van der Waals surface area contributed by atoms with E-state index in [1.54, 1.807) is 12.1 Å². The van der Waals surface area contributed by atoms with Crippen molar-refractivity contribution < 1.29 is 9.13 Å². The molecule has 0 spiro atoms. The molecule has 0 radical (unpaired) electrons. The number of halogens is 1. The van der Waals surface area contributed by atoms with Gasteiger partial charge in [0.2, 0.25) is 0 Å². The molecule has 1 heterocycles. The van der Waals surface area contributed by atoms with E-state index in [9.17, 15) is 4.39 Å². The second-order valence-electron chi connectivity index (χ2n) is 3.73. The number of hydrogen-bond donors (Lipinski definition) is 2. The van der Waals surface area contributed by atoms with Gasteiger partial charge in [0.25, 0.3) is 0 Å². The van der Waals surface area contributed by atoms with Gasteiger partial charge in [0, 0.05) is 12.3 Å². The van der Waals surface area contributed by atoms with Crippen molar-refractivity contribution in [1.82, 2.24) is 0 Å². The van der Waals surface area contributed by atoms with Crippen LogP contribution in [0.3, 0.4) is 0 Å². The minimum atomic E-state index is -0.392. The molecule has 1 unspecified atom stereocenters. The minimum Gasteiger partial charge on any atom is -0.389 e. The van der Waals surface area contributed by atoms with E-state index in [0.717, 1.165) is 13.0 Å². The third-order valence-corrected chi connectivity index (χ3v) is 2.75. The maximum Gasteiger partial charge on any atom is 0.135 e. The van der Waals surface area contributed by atoms with E-state index in [1.807, 2.05) is 0 Å². The highest BCUT2D eigenvalue weighted by Gasteiger charge is 2.18. The van der Waals surface area contributed by atoms with Crippen molar-refractivity contribution in [2.45, 2.75) is 12.5 Å². The lowest BCUT2D eigenvalue weighted by molar-refractivity contribution is 0.195. The Morgan fingerprint density at radius 1 is 1.56 bits per heavy atom. The van der Waals surface area contributed by atoms with E-state index in [4.69, 9.17) is 22.7 Å². The SMILES string of the molecule is NC(=S)c1c(F)cccc1NC1CCOC1. The number of nitrogens with two attached hydrogens (primary N) is 1. The molecule has 1 saturated heterocycles. The van der Waals surface area contributed by atoms with E-state index >= 15 is 0 Å². The van der Waals surface area contributed by atoms with E-state index in [2.05, 4.69) is 5.32 Å². The number of benzene rings is 1. The maximum absolute atomic E-state index is 13.5. The van der Waals surface area contributed by atoms with Crippen LogP contribution in [0.5, 0.6) is 0 Å². The Labute approximate surface area is 98.8 Å². The summed E-state index contributed by atoms with van der Waals surface area (Å²) in [7, 11) is 0. The van der Waals surface area contributed by atoms with Crippen LogP contribution in [0.1, 0.15) is 12.0 Å². The van der Waals surface area contributed by atoms with Crippen molar-refractivity contribution in [3.63, 3.8) is 0 Å². The fourth-order valence-electron chi connectivity index (χ4n) is 1.76. The van der Waals surface area contributed by atoms with E-state index < -0.39 is 5.82 Å². The fourth-order valence-corrected chi connectivity index (χ4v) is 1.97. The third-order valence-electron chi connectivity index (χ3n) is 2.55. The van der Waals surface area contributed by atoms with Gasteiger partial charge >= 0.3 is 0 Å². The molecule has 86 valence electrons. The smallest absolute Gasteiger partial charge is 0.135 e. The van der Waals surface area contributed by atoms with Crippen LogP contribution in [0.25, 0.3) is 0 Å². The van der Waals surface area contributed by atoms with Gasteiger partial charge in [-0.15, -0.1) is 0 Å². The number of ether oxygens (including phenoxy) is 1. The lowest BCUT2D eigenvalue weighted by Crippen LogP contribution is -2.22. The first-order chi connectivity index (χ1) is 7.68. The molecule has 2 rings (SSSR count). The Bertz CT molecular complexity index is 405. The summed E-state index contributed by atoms with van der Waals surface area (Å²) >= 11 is 4.84. The van der Waals surface area contributed by atoms with Gasteiger partial charge in [0.15, 0.2) is 0 Å². The monoisotopic (exact) mass is 240 g/mol. The summed E-state index contributed by atoms with van der Waals surface area (Å²) in [5.74, 6) is -0.392. The van der Waals surface area contributed by atoms with Gasteiger partial charge < -0.3 is 15.8 Å². The van der Waals surface area contributed by atoms with Gasteiger partial charge in [-0.05, 0) is 18.6 Å². The van der Waals surface area contributed by atoms with Crippen molar-refractivity contribution in [1.29, 1.82) is 0 Å². The highest BCUT2D eigenvalue weighted by atomic mass is 32.1. The second-order valence-corrected chi connectivity index (χ2v) is 4.17. The maximum atomic E-state index is 13.5. The fraction of sp³-hybridized carbons (Fsp3) is 0.364. The molecule has 3 nitrogen and oxygen atoms in total. The largest absolute Gasteiger partial charge is 0.389 e. The van der Waals surface area contributed by atoms with Gasteiger partial charge in [0.1, 0.15) is 10.8 Å². The number of rotatable bonds is 3. The van der Waals surface area contributed by atoms with Gasteiger partial charge in [-0.1, -0.05) is 18.3 Å². The quantitative estimate of drug-likeness (QED) is 0.789. The van der Waals surface area contributed by atoms with Crippen molar-refractivity contribution in [3.8, 4) is 0 Å². The average Bonchev–Trinajstić information content (AvgIpc) is 2.70. The van der Waals surface area contributed by atoms with Crippen LogP contribution in [0.15, 0.2) is 18.2 Å². The third kappa shape index (κ3) is 2.31. The second kappa shape index (κ2) is 4.76. The zero-order valence-electron chi connectivity index (χ0n) is 8.70. The zero-order valence-corrected chi connectivity index (χ0v) is 9.52. The van der Waals surface area contributed by atoms with Crippen molar-refractivity contribution >= 4 is 22.9 Å². The summed E-state index contributed by atoms with van der Waals surface area (Å²) < 4.78 is 18.8. The first-order valence-corrected chi connectivity index (χ1v) is 5.52. The van der Waals surface area contributed by atoms with Gasteiger partial charge in [-0.3, -0.25) is 0 Å². The zero-order chi connectivity index (χ0) is 11.5. The number of thiocarbonyl (C=S) groups is 1. The molecule has 16 heavy (non-hydrogen) atoms. The standard InChI is InChI=1S/C11H13FN2OS/c12-8-2-1-3-9(10(8)11(13)16)14-7-4-5-15-6-7/h1-3,7,14H,4-6H2,(H2,13,16). The molecule has 1 aromatic rings. The Morgan fingerprint density at radius 2 is 2.38 bits per heavy atom. The number of hydrogen-bond acceptors (Lipinski definition) is 3. The molecule has 5 heteroatoms. The normalized spacial score (nSPS) is 19.7. The van der Waals surface area contributed by atoms with Gasteiger partial charge in [-0.2, -0.15) is 0 Å². The highest BCUT2D eigenvalue weighted by molar-refractivity contribution is 7.80. The molecular weight excluding hydrogens is 227 g/mol. The molecule has 1 aliphatic heterocycles. The molecular formula is C11H13FN2OS. The minimum absolute atomic E-state index is 0.0690. The van der Waals surface area contributed by atoms with E-state index in [-0.39, 0.29) is 16.6 Å². The lowest BCUT2D eigenvalue weighted by Gasteiger charge is -2.15. The number of nitrogens with one attached hydrogen (secondary N) is 1. The van der Waals surface area contributed by atoms with Crippen LogP contribution < -0.4 is 11.1 Å². The molecule has 1 aliphatic rings. The summed E-state index contributed by atoms with van der Waals surface area (Å²) in [6, 6.07) is 4.96. The molecule has 1 atom stereocenters. The van der Waals surface area contributed by atoms with Gasteiger partial charge in [-0.25, -0.2) is 4.39 Å². The molecule has 1 fully saturated rings. The molecule has 1 aromatic carbocycles. The van der Waals surface area contributed by atoms with Crippen LogP contribution in [-0.2, 0) is 4.74 Å². The Morgan fingerprint density at radius 3 is 3.00 bits per heavy atom. The van der Waals surface area contributed by atoms with Crippen LogP contribution in [0.4, 0.5) is 10.1 Å². The summed E-state index contributed by atoms with van der Waals surface area (Å²) in [5, 5.41) is 3.20. The average molecular weight is 240 g/mol. The topological polar surface area (TPSA) is 47.3 Å². The molecule has 3 N–H and O–H groups in total. The first kappa shape index (κ1) is 11.3. The highest BCUT2D eigenvalue weighted by Crippen LogP contribution is 2.21. The summed E-state index contributed by atoms with van der Waals surface area (Å²) in [6.07, 6.45) is 0.910. The van der Waals surface area contributed by atoms with Gasteiger partial charge in [0.05, 0.1) is 18.2 Å². The van der Waals surface area contributed by atoms with E-state index in [0.29, 0.717) is 12.3 Å². The molecule has 0 amide bonds. The van der Waals surface area contributed by atoms with Crippen LogP contribution in [-0.4, -0.2) is 24.2 Å². The van der Waals surface area contributed by atoms with Crippen LogP contribution in [0.2, 0.25) is 0 Å². The van der Waals surface area contributed by atoms with Crippen LogP contribution >= 0.6 is 12.2 Å². The van der Waals surface area contributed by atoms with Crippen LogP contribution in [0, 0.1) is 5.82 Å². The molecule has 0 saturated carbocycles. The molecule has 0 aliphatic carbocycles. The Hall–Kier alpha value is -1.20. The van der Waals surface area contributed by atoms with Crippen molar-refractivity contribution in [2.24, 2.45) is 5.73 Å². The predicted molar refractivity (Wildman–Crippen MR) is 65.1 cm³/mol. The summed E-state index contributed by atoms with van der Waals surface area (Å²) in [5.41, 5.74) is 6.43. The Balaban J connectivity index is 2.25. The summed E-state index contributed by atoms with van der Waals surface area (Å²) in [4.78, 5) is 0.0690. The van der Waals surface area contributed by atoms with Crippen molar-refractivity contribution in [2.75, 3.05) is 18.5 Å². The summed E-state index contributed by atoms with van der Waals surface area (Å²) in [6.45, 7) is 1.36. The molecule has 0 aromatic heterocycles. The van der Waals surface area contributed by atoms with Crippen molar-refractivity contribution in [3.05, 3.63) is 29.6 Å². The van der Waals surface area contributed by atoms with E-state index in [1.165, 1.54) is 6.07 Å². The first-order valence-electron chi connectivity index (χ1n) is 5.11. The molecule has 0 bridgehead atoms. The number of anilines is 1. The Kier molecular flexibility index (Phi) is 3.36. The predicted octanol–water partition coefficient (Wildman–Crippen LogP) is 1.66.